The number of rotatable bonds is 9. The van der Waals surface area contributed by atoms with Crippen molar-refractivity contribution in [2.45, 2.75) is 39.0 Å². The van der Waals surface area contributed by atoms with Gasteiger partial charge in [-0.2, -0.15) is 8.78 Å². The van der Waals surface area contributed by atoms with E-state index in [1.54, 1.807) is 13.0 Å². The van der Waals surface area contributed by atoms with E-state index in [1.807, 2.05) is 0 Å². The lowest BCUT2D eigenvalue weighted by atomic mass is 10.2. The predicted molar refractivity (Wildman–Crippen MR) is 118 cm³/mol. The fraction of sp³-hybridized carbons (Fsp3) is 0.409. The number of carbonyl (C=O) groups excluding carboxylic acids is 2. The number of halogens is 2. The Kier molecular flexibility index (Phi) is 8.72. The van der Waals surface area contributed by atoms with Crippen LogP contribution in [0, 0.1) is 0 Å². The Bertz CT molecular complexity index is 1140. The van der Waals surface area contributed by atoms with Crippen molar-refractivity contribution in [2.24, 2.45) is 0 Å². The minimum absolute atomic E-state index is 0.00927. The average Bonchev–Trinajstić information content (AvgIpc) is 3.38. The monoisotopic (exact) mass is 482 g/mol. The predicted octanol–water partition coefficient (Wildman–Crippen LogP) is 0.979. The summed E-state index contributed by atoms with van der Waals surface area (Å²) in [5.41, 5.74) is 0.100. The Morgan fingerprint density at radius 1 is 1.33 bits per heavy atom. The third-order valence-electron chi connectivity index (χ3n) is 4.72. The molecule has 2 aromatic rings. The highest BCUT2D eigenvalue weighted by Gasteiger charge is 2.17. The molecule has 1 aliphatic heterocycles. The molecule has 3 rings (SSSR count). The number of carbonyl (C=O) groups is 2. The smallest absolute Gasteiger partial charge is 0.387 e. The molecule has 1 aromatic carbocycles. The van der Waals surface area contributed by atoms with Crippen LogP contribution in [0.25, 0.3) is 12.2 Å². The second-order valence-corrected chi connectivity index (χ2v) is 8.19. The van der Waals surface area contributed by atoms with Gasteiger partial charge in [-0.15, -0.1) is 11.3 Å². The summed E-state index contributed by atoms with van der Waals surface area (Å²) in [7, 11) is 0. The topological polar surface area (TPSA) is 95.9 Å². The molecular formula is C22H24F2N2O6S. The van der Waals surface area contributed by atoms with Gasteiger partial charge in [0.15, 0.2) is 0 Å². The summed E-state index contributed by atoms with van der Waals surface area (Å²) in [6.07, 6.45) is 4.47. The number of nitrogens with zero attached hydrogens (tertiary/aromatic N) is 1. The Balaban J connectivity index is 1.87. The average molecular weight is 483 g/mol. The zero-order valence-electron chi connectivity index (χ0n) is 17.9. The standard InChI is InChI=1S/C22H24F2N2O6S/c1-2-30-20(28)11-19-26(13-18(27)25-12-16-4-3-9-31-16)21(29)17(33-19)10-14-5-7-15(8-6-14)32-22(23)24/h5-8,10-11,16,22H,2-4,9,12-13H2,1H3,(H,25,27)/b17-10-,19-11-. The van der Waals surface area contributed by atoms with Crippen LogP contribution in [0.3, 0.4) is 0 Å². The van der Waals surface area contributed by atoms with Crippen molar-refractivity contribution in [2.75, 3.05) is 19.8 Å². The summed E-state index contributed by atoms with van der Waals surface area (Å²) in [6, 6.07) is 5.75. The molecule has 1 atom stereocenters. The van der Waals surface area contributed by atoms with Gasteiger partial charge in [-0.3, -0.25) is 14.2 Å². The second-order valence-electron chi connectivity index (χ2n) is 7.12. The molecule has 1 amide bonds. The number of benzene rings is 1. The summed E-state index contributed by atoms with van der Waals surface area (Å²) in [5.74, 6) is -1.03. The molecule has 1 aromatic heterocycles. The molecular weight excluding hydrogens is 458 g/mol. The zero-order chi connectivity index (χ0) is 23.8. The number of amides is 1. The van der Waals surface area contributed by atoms with Gasteiger partial charge in [-0.25, -0.2) is 4.79 Å². The van der Waals surface area contributed by atoms with Crippen LogP contribution in [0.2, 0.25) is 0 Å². The molecule has 8 nitrogen and oxygen atoms in total. The van der Waals surface area contributed by atoms with Crippen LogP contribution in [0.1, 0.15) is 25.3 Å². The quantitative estimate of drug-likeness (QED) is 0.536. The van der Waals surface area contributed by atoms with Crippen molar-refractivity contribution in [3.05, 3.63) is 49.4 Å². The number of thiazole rings is 1. The van der Waals surface area contributed by atoms with E-state index in [4.69, 9.17) is 9.47 Å². The highest BCUT2D eigenvalue weighted by atomic mass is 32.1. The first-order chi connectivity index (χ1) is 15.9. The third kappa shape index (κ3) is 7.22. The van der Waals surface area contributed by atoms with E-state index in [0.29, 0.717) is 18.7 Å². The molecule has 0 saturated carbocycles. The minimum atomic E-state index is -2.93. The van der Waals surface area contributed by atoms with Gasteiger partial charge in [0.25, 0.3) is 5.56 Å². The maximum Gasteiger partial charge on any atom is 0.387 e. The molecule has 1 aliphatic rings. The van der Waals surface area contributed by atoms with E-state index in [9.17, 15) is 23.2 Å². The molecule has 33 heavy (non-hydrogen) atoms. The molecule has 1 N–H and O–H groups in total. The summed E-state index contributed by atoms with van der Waals surface area (Å²) in [5, 5.41) is 2.75. The Morgan fingerprint density at radius 3 is 2.73 bits per heavy atom. The van der Waals surface area contributed by atoms with Crippen LogP contribution >= 0.6 is 11.3 Å². The number of hydrogen-bond acceptors (Lipinski definition) is 7. The SMILES string of the molecule is CCOC(=O)/C=c1\s/c(=C\c2ccc(OC(F)F)cc2)c(=O)n1CC(=O)NCC1CCCO1. The summed E-state index contributed by atoms with van der Waals surface area (Å²) >= 11 is 1.02. The van der Waals surface area contributed by atoms with Crippen LogP contribution in [0.15, 0.2) is 29.1 Å². The zero-order valence-corrected chi connectivity index (χ0v) is 18.7. The molecule has 2 heterocycles. The molecule has 0 radical (unpaired) electrons. The van der Waals surface area contributed by atoms with Crippen LogP contribution in [-0.4, -0.2) is 48.9 Å². The van der Waals surface area contributed by atoms with Crippen LogP contribution in [0.4, 0.5) is 8.78 Å². The van der Waals surface area contributed by atoms with E-state index >= 15 is 0 Å². The summed E-state index contributed by atoms with van der Waals surface area (Å²) in [6.45, 7) is -0.372. The number of hydrogen-bond donors (Lipinski definition) is 1. The fourth-order valence-electron chi connectivity index (χ4n) is 3.21. The largest absolute Gasteiger partial charge is 0.463 e. The van der Waals surface area contributed by atoms with Crippen molar-refractivity contribution >= 4 is 35.4 Å². The van der Waals surface area contributed by atoms with E-state index in [-0.39, 0.29) is 40.1 Å². The molecule has 1 fully saturated rings. The number of aromatic nitrogens is 1. The molecule has 11 heteroatoms. The minimum Gasteiger partial charge on any atom is -0.463 e. The van der Waals surface area contributed by atoms with E-state index in [2.05, 4.69) is 10.1 Å². The van der Waals surface area contributed by atoms with E-state index in [1.165, 1.54) is 34.9 Å². The summed E-state index contributed by atoms with van der Waals surface area (Å²) < 4.78 is 41.1. The fourth-order valence-corrected chi connectivity index (χ4v) is 4.24. The number of ether oxygens (including phenoxy) is 3. The molecule has 0 aliphatic carbocycles. The van der Waals surface area contributed by atoms with Gasteiger partial charge in [0.2, 0.25) is 5.91 Å². The highest BCUT2D eigenvalue weighted by Crippen LogP contribution is 2.15. The number of nitrogens with one attached hydrogen (secondary N) is 1. The normalized spacial score (nSPS) is 16.9. The van der Waals surface area contributed by atoms with Gasteiger partial charge < -0.3 is 19.5 Å². The lowest BCUT2D eigenvalue weighted by molar-refractivity contribution is -0.135. The maximum atomic E-state index is 13.0. The molecule has 1 saturated heterocycles. The second kappa shape index (κ2) is 11.7. The highest BCUT2D eigenvalue weighted by molar-refractivity contribution is 7.07. The van der Waals surface area contributed by atoms with Crippen LogP contribution in [0.5, 0.6) is 5.75 Å². The first-order valence-corrected chi connectivity index (χ1v) is 11.2. The van der Waals surface area contributed by atoms with Gasteiger partial charge in [0.1, 0.15) is 17.0 Å². The molecule has 0 bridgehead atoms. The lowest BCUT2D eigenvalue weighted by Gasteiger charge is -2.10. The van der Waals surface area contributed by atoms with Gasteiger partial charge in [-0.05, 0) is 43.5 Å². The van der Waals surface area contributed by atoms with Crippen LogP contribution < -0.4 is 24.8 Å². The van der Waals surface area contributed by atoms with Gasteiger partial charge in [0.05, 0.1) is 23.3 Å². The lowest BCUT2D eigenvalue weighted by Crippen LogP contribution is -2.40. The molecule has 1 unspecified atom stereocenters. The van der Waals surface area contributed by atoms with E-state index in [0.717, 1.165) is 24.2 Å². The third-order valence-corrected chi connectivity index (χ3v) is 5.78. The number of alkyl halides is 2. The van der Waals surface area contributed by atoms with E-state index < -0.39 is 18.1 Å². The molecule has 178 valence electrons. The van der Waals surface area contributed by atoms with Gasteiger partial charge in [0, 0.05) is 13.2 Å². The number of esters is 1. The van der Waals surface area contributed by atoms with Crippen molar-refractivity contribution in [1.29, 1.82) is 0 Å². The maximum absolute atomic E-state index is 13.0. The Hall–Kier alpha value is -3.05. The van der Waals surface area contributed by atoms with Gasteiger partial charge in [-0.1, -0.05) is 12.1 Å². The van der Waals surface area contributed by atoms with Crippen molar-refractivity contribution in [1.82, 2.24) is 9.88 Å². The van der Waals surface area contributed by atoms with Crippen molar-refractivity contribution < 1.29 is 32.6 Å². The first kappa shape index (κ1) is 24.6. The van der Waals surface area contributed by atoms with Gasteiger partial charge >= 0.3 is 12.6 Å². The molecule has 0 spiro atoms. The van der Waals surface area contributed by atoms with Crippen molar-refractivity contribution in [3.8, 4) is 5.75 Å². The van der Waals surface area contributed by atoms with Crippen molar-refractivity contribution in [3.63, 3.8) is 0 Å². The Labute approximate surface area is 192 Å². The van der Waals surface area contributed by atoms with Crippen LogP contribution in [-0.2, 0) is 25.6 Å². The Morgan fingerprint density at radius 2 is 2.09 bits per heavy atom. The summed E-state index contributed by atoms with van der Waals surface area (Å²) in [4.78, 5) is 37.4. The first-order valence-electron chi connectivity index (χ1n) is 10.4.